The minimum atomic E-state index is -1.63. The molecule has 0 aliphatic heterocycles. The summed E-state index contributed by atoms with van der Waals surface area (Å²) < 4.78 is 22.7. The number of carboxylic acids is 1. The lowest BCUT2D eigenvalue weighted by molar-refractivity contribution is -0.870. The fraction of sp³-hybridized carbons (Fsp3) is 0.641. The van der Waals surface area contributed by atoms with Crippen molar-refractivity contribution in [3.63, 3.8) is 0 Å². The smallest absolute Gasteiger partial charge is 0.306 e. The van der Waals surface area contributed by atoms with Crippen molar-refractivity contribution in [2.45, 2.75) is 219 Å². The molecule has 0 amide bonds. The van der Waals surface area contributed by atoms with Gasteiger partial charge in [0.15, 0.2) is 12.4 Å². The second kappa shape index (κ2) is 54.0. The van der Waals surface area contributed by atoms with E-state index in [1.807, 2.05) is 21.1 Å². The number of rotatable bonds is 51. The SMILES string of the molecule is CC/C=C\C/C=C\C/C=C\C/C=C\C/C=C\C/C=C\C/C=C\CCCCCCCCCCCC(=O)OC(COC(=O)CCCCCCCCC/C=C\C/C=C\C/C=C\CC)COC(OCC[N+](C)(C)C)C(=O)[O-]. The summed E-state index contributed by atoms with van der Waals surface area (Å²) in [4.78, 5) is 37.3. The molecule has 414 valence electrons. The van der Waals surface area contributed by atoms with Gasteiger partial charge in [-0.05, 0) is 103 Å². The number of hydrogen-bond donors (Lipinski definition) is 0. The minimum Gasteiger partial charge on any atom is -0.545 e. The first-order valence-electron chi connectivity index (χ1n) is 28.7. The molecule has 73 heavy (non-hydrogen) atoms. The Bertz CT molecular complexity index is 1610. The molecule has 0 rings (SSSR count). The molecule has 0 aromatic rings. The number of esters is 2. The standard InChI is InChI=1S/C64H105NO8/c1-6-8-10-12-14-16-18-20-22-24-25-26-27-28-29-30-31-32-33-34-35-36-37-39-41-43-45-47-49-51-53-55-62(67)73-60(59-72-64(63(68)69)70-57-56-65(3,4)5)58-71-61(66)54-52-50-48-46-44-42-40-38-23-21-19-17-15-13-11-9-7-2/h8-11,14-17,20-23,25-26,28-29,31-32,34-35,60,64H,6-7,12-13,18-19,24,27,30,33,36-59H2,1-5H3/b10-8-,11-9-,16-14-,17-15-,22-20-,23-21-,26-25-,29-28-,32-31-,35-34-. The van der Waals surface area contributed by atoms with E-state index in [0.29, 0.717) is 17.4 Å². The van der Waals surface area contributed by atoms with Crippen LogP contribution < -0.4 is 5.11 Å². The van der Waals surface area contributed by atoms with Gasteiger partial charge in [-0.15, -0.1) is 0 Å². The maximum atomic E-state index is 12.9. The predicted octanol–water partition coefficient (Wildman–Crippen LogP) is 15.6. The zero-order chi connectivity index (χ0) is 53.4. The summed E-state index contributed by atoms with van der Waals surface area (Å²) in [5, 5.41) is 11.8. The summed E-state index contributed by atoms with van der Waals surface area (Å²) in [7, 11) is 5.90. The lowest BCUT2D eigenvalue weighted by atomic mass is 10.1. The van der Waals surface area contributed by atoms with Gasteiger partial charge in [0.05, 0.1) is 40.3 Å². The summed E-state index contributed by atoms with van der Waals surface area (Å²) in [6.45, 7) is 4.49. The van der Waals surface area contributed by atoms with E-state index in [-0.39, 0.29) is 38.6 Å². The van der Waals surface area contributed by atoms with Gasteiger partial charge >= 0.3 is 11.9 Å². The minimum absolute atomic E-state index is 0.138. The van der Waals surface area contributed by atoms with E-state index < -0.39 is 24.3 Å². The molecule has 2 atom stereocenters. The van der Waals surface area contributed by atoms with E-state index >= 15 is 0 Å². The average molecular weight is 1020 g/mol. The van der Waals surface area contributed by atoms with Crippen molar-refractivity contribution in [1.82, 2.24) is 0 Å². The van der Waals surface area contributed by atoms with E-state index in [9.17, 15) is 19.5 Å². The van der Waals surface area contributed by atoms with Crippen LogP contribution in [0.5, 0.6) is 0 Å². The third-order valence-electron chi connectivity index (χ3n) is 11.7. The fourth-order valence-corrected chi connectivity index (χ4v) is 7.35. The molecule has 0 fully saturated rings. The highest BCUT2D eigenvalue weighted by Crippen LogP contribution is 2.14. The van der Waals surface area contributed by atoms with Crippen molar-refractivity contribution in [3.8, 4) is 0 Å². The summed E-state index contributed by atoms with van der Waals surface area (Å²) in [5.41, 5.74) is 0. The Labute approximate surface area is 447 Å². The summed E-state index contributed by atoms with van der Waals surface area (Å²) in [6, 6.07) is 0. The van der Waals surface area contributed by atoms with Crippen molar-refractivity contribution in [1.29, 1.82) is 0 Å². The number of carbonyl (C=O) groups excluding carboxylic acids is 3. The molecule has 0 spiro atoms. The largest absolute Gasteiger partial charge is 0.545 e. The number of ether oxygens (including phenoxy) is 4. The number of unbranched alkanes of at least 4 members (excludes halogenated alkanes) is 16. The molecule has 9 nitrogen and oxygen atoms in total. The molecule has 0 aliphatic carbocycles. The van der Waals surface area contributed by atoms with Crippen LogP contribution in [0.1, 0.15) is 206 Å². The Morgan fingerprint density at radius 1 is 0.411 bits per heavy atom. The van der Waals surface area contributed by atoms with E-state index in [0.717, 1.165) is 122 Å². The third kappa shape index (κ3) is 55.3. The van der Waals surface area contributed by atoms with Crippen LogP contribution in [0.15, 0.2) is 122 Å². The van der Waals surface area contributed by atoms with Gasteiger partial charge in [-0.1, -0.05) is 212 Å². The molecule has 0 bridgehead atoms. The van der Waals surface area contributed by atoms with Crippen LogP contribution in [0.4, 0.5) is 0 Å². The molecule has 0 saturated carbocycles. The van der Waals surface area contributed by atoms with Gasteiger partial charge < -0.3 is 33.3 Å². The molecular weight excluding hydrogens is 911 g/mol. The van der Waals surface area contributed by atoms with Gasteiger partial charge in [0.2, 0.25) is 0 Å². The highest BCUT2D eigenvalue weighted by atomic mass is 16.7. The maximum absolute atomic E-state index is 12.9. The number of aliphatic carboxylic acids is 1. The predicted molar refractivity (Wildman–Crippen MR) is 306 cm³/mol. The van der Waals surface area contributed by atoms with Gasteiger partial charge in [0, 0.05) is 12.8 Å². The molecule has 0 aromatic heterocycles. The second-order valence-electron chi connectivity index (χ2n) is 19.8. The number of allylic oxidation sites excluding steroid dienone is 20. The van der Waals surface area contributed by atoms with Crippen molar-refractivity contribution in [2.24, 2.45) is 0 Å². The van der Waals surface area contributed by atoms with Crippen molar-refractivity contribution in [3.05, 3.63) is 122 Å². The van der Waals surface area contributed by atoms with Gasteiger partial charge in [-0.25, -0.2) is 0 Å². The Kier molecular flexibility index (Phi) is 50.8. The van der Waals surface area contributed by atoms with E-state index in [2.05, 4.69) is 135 Å². The number of nitrogens with zero attached hydrogens (tertiary/aromatic N) is 1. The molecule has 9 heteroatoms. The monoisotopic (exact) mass is 1020 g/mol. The topological polar surface area (TPSA) is 111 Å². The zero-order valence-corrected chi connectivity index (χ0v) is 47.0. The van der Waals surface area contributed by atoms with Crippen LogP contribution in [0, 0.1) is 0 Å². The Morgan fingerprint density at radius 2 is 0.740 bits per heavy atom. The lowest BCUT2D eigenvalue weighted by Crippen LogP contribution is -2.44. The van der Waals surface area contributed by atoms with Crippen LogP contribution in [0.3, 0.4) is 0 Å². The molecule has 0 radical (unpaired) electrons. The maximum Gasteiger partial charge on any atom is 0.306 e. The van der Waals surface area contributed by atoms with Gasteiger partial charge in [0.25, 0.3) is 0 Å². The van der Waals surface area contributed by atoms with Crippen LogP contribution in [0.25, 0.3) is 0 Å². The van der Waals surface area contributed by atoms with Crippen molar-refractivity contribution in [2.75, 3.05) is 47.5 Å². The van der Waals surface area contributed by atoms with Crippen molar-refractivity contribution >= 4 is 17.9 Å². The zero-order valence-electron chi connectivity index (χ0n) is 47.0. The quantitative estimate of drug-likeness (QED) is 0.0195. The first-order chi connectivity index (χ1) is 35.6. The Balaban J connectivity index is 4.28. The van der Waals surface area contributed by atoms with Crippen molar-refractivity contribution < 1.29 is 42.9 Å². The highest BCUT2D eigenvalue weighted by molar-refractivity contribution is 5.70. The number of quaternary nitrogens is 1. The molecule has 0 aromatic carbocycles. The number of carboxylic acid groups (broad SMARTS) is 1. The first-order valence-corrected chi connectivity index (χ1v) is 28.7. The van der Waals surface area contributed by atoms with E-state index in [1.54, 1.807) is 0 Å². The Hall–Kier alpha value is -4.31. The molecule has 0 N–H and O–H groups in total. The molecular formula is C64H105NO8. The van der Waals surface area contributed by atoms with Gasteiger partial charge in [-0.2, -0.15) is 0 Å². The van der Waals surface area contributed by atoms with Crippen LogP contribution in [0.2, 0.25) is 0 Å². The molecule has 0 saturated heterocycles. The van der Waals surface area contributed by atoms with Gasteiger partial charge in [0.1, 0.15) is 13.2 Å². The van der Waals surface area contributed by atoms with Crippen LogP contribution in [-0.4, -0.2) is 82.3 Å². The first kappa shape index (κ1) is 68.7. The average Bonchev–Trinajstić information content (AvgIpc) is 3.36. The summed E-state index contributed by atoms with van der Waals surface area (Å²) in [6.07, 6.45) is 72.4. The molecule has 0 aliphatic rings. The second-order valence-corrected chi connectivity index (χ2v) is 19.8. The number of likely N-dealkylation sites (N-methyl/N-ethyl adjacent to an activating group) is 1. The molecule has 2 unspecified atom stereocenters. The number of hydrogen-bond acceptors (Lipinski definition) is 8. The van der Waals surface area contributed by atoms with E-state index in [4.69, 9.17) is 18.9 Å². The fourth-order valence-electron chi connectivity index (χ4n) is 7.35. The summed E-state index contributed by atoms with van der Waals surface area (Å²) in [5.74, 6) is -2.32. The van der Waals surface area contributed by atoms with Crippen LogP contribution in [-0.2, 0) is 33.3 Å². The lowest BCUT2D eigenvalue weighted by Gasteiger charge is -2.26. The van der Waals surface area contributed by atoms with E-state index in [1.165, 1.54) is 51.4 Å². The normalized spacial score (nSPS) is 13.7. The summed E-state index contributed by atoms with van der Waals surface area (Å²) >= 11 is 0. The Morgan fingerprint density at radius 3 is 1.10 bits per heavy atom. The highest BCUT2D eigenvalue weighted by Gasteiger charge is 2.22. The third-order valence-corrected chi connectivity index (χ3v) is 11.7. The van der Waals surface area contributed by atoms with Crippen LogP contribution >= 0.6 is 0 Å². The van der Waals surface area contributed by atoms with Gasteiger partial charge in [-0.3, -0.25) is 9.59 Å². The molecule has 0 heterocycles. The number of carbonyl (C=O) groups is 3.